The lowest BCUT2D eigenvalue weighted by Crippen LogP contribution is -2.46. The van der Waals surface area contributed by atoms with Crippen LogP contribution in [0.3, 0.4) is 0 Å². The van der Waals surface area contributed by atoms with E-state index in [1.54, 1.807) is 6.20 Å². The quantitative estimate of drug-likeness (QED) is 0.923. The first-order chi connectivity index (χ1) is 11.2. The lowest BCUT2D eigenvalue weighted by molar-refractivity contribution is 0.248. The Morgan fingerprint density at radius 1 is 1.26 bits per heavy atom. The third-order valence-corrected chi connectivity index (χ3v) is 4.50. The van der Waals surface area contributed by atoms with Crippen LogP contribution in [-0.4, -0.2) is 46.3 Å². The summed E-state index contributed by atoms with van der Waals surface area (Å²) in [4.78, 5) is 20.9. The minimum atomic E-state index is -0.104. The molecule has 0 bridgehead atoms. The molecule has 0 aliphatic carbocycles. The zero-order valence-electron chi connectivity index (χ0n) is 13.7. The highest BCUT2D eigenvalue weighted by Crippen LogP contribution is 2.18. The standard InChI is InChI=1S/C17H23N5O/c1-3-15-14(5-4-6-18-15)12-21-7-9-22(10-8-21)16-11-19-20-17(23)13(16)2/h4-6,11H,3,7-10,12H2,1-2H3,(H,20,23). The fourth-order valence-corrected chi connectivity index (χ4v) is 3.09. The number of aromatic nitrogens is 3. The molecule has 0 atom stereocenters. The number of pyridine rings is 1. The van der Waals surface area contributed by atoms with Crippen LogP contribution in [0.1, 0.15) is 23.7 Å². The van der Waals surface area contributed by atoms with E-state index in [-0.39, 0.29) is 5.56 Å². The van der Waals surface area contributed by atoms with Crippen molar-refractivity contribution in [2.24, 2.45) is 0 Å². The number of hydrogen-bond acceptors (Lipinski definition) is 5. The summed E-state index contributed by atoms with van der Waals surface area (Å²) in [6.07, 6.45) is 4.58. The number of piperazine rings is 1. The Kier molecular flexibility index (Phi) is 4.71. The highest BCUT2D eigenvalue weighted by molar-refractivity contribution is 5.50. The minimum absolute atomic E-state index is 0.104. The number of H-pyrrole nitrogens is 1. The van der Waals surface area contributed by atoms with E-state index in [2.05, 4.69) is 38.0 Å². The Morgan fingerprint density at radius 2 is 2.04 bits per heavy atom. The predicted molar refractivity (Wildman–Crippen MR) is 90.7 cm³/mol. The van der Waals surface area contributed by atoms with Crippen LogP contribution >= 0.6 is 0 Å². The van der Waals surface area contributed by atoms with E-state index in [0.29, 0.717) is 0 Å². The van der Waals surface area contributed by atoms with Gasteiger partial charge in [0.15, 0.2) is 0 Å². The smallest absolute Gasteiger partial charge is 0.269 e. The van der Waals surface area contributed by atoms with Crippen molar-refractivity contribution in [1.29, 1.82) is 0 Å². The van der Waals surface area contributed by atoms with Crippen molar-refractivity contribution in [3.05, 3.63) is 51.7 Å². The molecule has 1 fully saturated rings. The van der Waals surface area contributed by atoms with Crippen LogP contribution in [0, 0.1) is 6.92 Å². The molecule has 6 nitrogen and oxygen atoms in total. The van der Waals surface area contributed by atoms with Gasteiger partial charge in [0.05, 0.1) is 11.9 Å². The van der Waals surface area contributed by atoms with Gasteiger partial charge in [-0.1, -0.05) is 13.0 Å². The Morgan fingerprint density at radius 3 is 2.78 bits per heavy atom. The van der Waals surface area contributed by atoms with Crippen molar-refractivity contribution in [3.8, 4) is 0 Å². The summed E-state index contributed by atoms with van der Waals surface area (Å²) in [5, 5.41) is 6.41. The molecule has 2 aromatic rings. The summed E-state index contributed by atoms with van der Waals surface area (Å²) in [5.41, 5.74) is 4.09. The highest BCUT2D eigenvalue weighted by Gasteiger charge is 2.20. The molecule has 0 radical (unpaired) electrons. The number of aryl methyl sites for hydroxylation is 1. The Balaban J connectivity index is 1.64. The summed E-state index contributed by atoms with van der Waals surface area (Å²) in [7, 11) is 0. The van der Waals surface area contributed by atoms with Crippen LogP contribution < -0.4 is 10.5 Å². The minimum Gasteiger partial charge on any atom is -0.367 e. The molecule has 0 unspecified atom stereocenters. The largest absolute Gasteiger partial charge is 0.367 e. The maximum Gasteiger partial charge on any atom is 0.269 e. The van der Waals surface area contributed by atoms with Crippen LogP contribution in [0.15, 0.2) is 29.3 Å². The fourth-order valence-electron chi connectivity index (χ4n) is 3.09. The van der Waals surface area contributed by atoms with E-state index in [1.807, 2.05) is 19.2 Å². The lowest BCUT2D eigenvalue weighted by atomic mass is 10.1. The van der Waals surface area contributed by atoms with E-state index >= 15 is 0 Å². The summed E-state index contributed by atoms with van der Waals surface area (Å²) in [5.74, 6) is 0. The molecule has 1 saturated heterocycles. The molecule has 1 aliphatic rings. The van der Waals surface area contributed by atoms with Gasteiger partial charge < -0.3 is 4.90 Å². The highest BCUT2D eigenvalue weighted by atomic mass is 16.1. The van der Waals surface area contributed by atoms with Gasteiger partial charge >= 0.3 is 0 Å². The van der Waals surface area contributed by atoms with Crippen LogP contribution in [0.25, 0.3) is 0 Å². The molecule has 3 rings (SSSR count). The molecule has 0 aromatic carbocycles. The lowest BCUT2D eigenvalue weighted by Gasteiger charge is -2.36. The fraction of sp³-hybridized carbons (Fsp3) is 0.471. The third kappa shape index (κ3) is 3.42. The summed E-state index contributed by atoms with van der Waals surface area (Å²) >= 11 is 0. The zero-order valence-corrected chi connectivity index (χ0v) is 13.7. The van der Waals surface area contributed by atoms with Gasteiger partial charge in [-0.2, -0.15) is 5.10 Å². The second-order valence-electron chi connectivity index (χ2n) is 5.94. The molecule has 6 heteroatoms. The Labute approximate surface area is 136 Å². The van der Waals surface area contributed by atoms with Gasteiger partial charge in [-0.3, -0.25) is 14.7 Å². The number of rotatable bonds is 4. The SMILES string of the molecule is CCc1ncccc1CN1CCN(c2cn[nH]c(=O)c2C)CC1. The van der Waals surface area contributed by atoms with Gasteiger partial charge in [0, 0.05) is 50.2 Å². The van der Waals surface area contributed by atoms with Gasteiger partial charge in [-0.25, -0.2) is 5.10 Å². The Hall–Kier alpha value is -2.21. The first-order valence-electron chi connectivity index (χ1n) is 8.13. The van der Waals surface area contributed by atoms with Crippen molar-refractivity contribution in [3.63, 3.8) is 0 Å². The molecule has 0 amide bonds. The van der Waals surface area contributed by atoms with E-state index in [4.69, 9.17) is 0 Å². The number of hydrogen-bond donors (Lipinski definition) is 1. The molecule has 3 heterocycles. The molecule has 1 N–H and O–H groups in total. The second-order valence-corrected chi connectivity index (χ2v) is 5.94. The maximum atomic E-state index is 11.7. The monoisotopic (exact) mass is 313 g/mol. The molecular formula is C17H23N5O. The van der Waals surface area contributed by atoms with Gasteiger partial charge in [-0.15, -0.1) is 0 Å². The Bertz CT molecular complexity index is 719. The van der Waals surface area contributed by atoms with E-state index in [0.717, 1.165) is 50.4 Å². The number of nitrogens with zero attached hydrogens (tertiary/aromatic N) is 4. The second kappa shape index (κ2) is 6.91. The van der Waals surface area contributed by atoms with Crippen LogP contribution in [0.5, 0.6) is 0 Å². The molecule has 0 saturated carbocycles. The van der Waals surface area contributed by atoms with Gasteiger partial charge in [0.2, 0.25) is 0 Å². The normalized spacial score (nSPS) is 15.8. The van der Waals surface area contributed by atoms with Crippen molar-refractivity contribution in [1.82, 2.24) is 20.1 Å². The topological polar surface area (TPSA) is 65.1 Å². The van der Waals surface area contributed by atoms with E-state index in [1.165, 1.54) is 11.3 Å². The molecule has 0 spiro atoms. The molecule has 122 valence electrons. The van der Waals surface area contributed by atoms with Crippen LogP contribution in [0.4, 0.5) is 5.69 Å². The van der Waals surface area contributed by atoms with Gasteiger partial charge in [0.25, 0.3) is 5.56 Å². The van der Waals surface area contributed by atoms with E-state index < -0.39 is 0 Å². The third-order valence-electron chi connectivity index (χ3n) is 4.50. The van der Waals surface area contributed by atoms with Crippen molar-refractivity contribution in [2.45, 2.75) is 26.8 Å². The first kappa shape index (κ1) is 15.7. The molecule has 1 aliphatic heterocycles. The van der Waals surface area contributed by atoms with Gasteiger partial charge in [-0.05, 0) is 25.0 Å². The number of anilines is 1. The molecule has 23 heavy (non-hydrogen) atoms. The summed E-state index contributed by atoms with van der Waals surface area (Å²) in [6, 6.07) is 4.18. The van der Waals surface area contributed by atoms with Gasteiger partial charge in [0.1, 0.15) is 0 Å². The summed E-state index contributed by atoms with van der Waals surface area (Å²) in [6.45, 7) is 8.71. The van der Waals surface area contributed by atoms with Crippen molar-refractivity contribution in [2.75, 3.05) is 31.1 Å². The van der Waals surface area contributed by atoms with E-state index in [9.17, 15) is 4.79 Å². The predicted octanol–water partition coefficient (Wildman–Crippen LogP) is 1.36. The van der Waals surface area contributed by atoms with Crippen molar-refractivity contribution >= 4 is 5.69 Å². The first-order valence-corrected chi connectivity index (χ1v) is 8.13. The summed E-state index contributed by atoms with van der Waals surface area (Å²) < 4.78 is 0. The number of nitrogens with one attached hydrogen (secondary N) is 1. The number of aromatic amines is 1. The molecular weight excluding hydrogens is 290 g/mol. The average molecular weight is 313 g/mol. The molecule has 2 aromatic heterocycles. The average Bonchev–Trinajstić information content (AvgIpc) is 2.59. The van der Waals surface area contributed by atoms with Crippen LogP contribution in [-0.2, 0) is 13.0 Å². The van der Waals surface area contributed by atoms with Crippen LogP contribution in [0.2, 0.25) is 0 Å². The maximum absolute atomic E-state index is 11.7. The van der Waals surface area contributed by atoms with Crippen molar-refractivity contribution < 1.29 is 0 Å². The zero-order chi connectivity index (χ0) is 16.2.